The molecule has 0 spiro atoms. The third-order valence-electron chi connectivity index (χ3n) is 1.85. The zero-order valence-electron chi connectivity index (χ0n) is 7.79. The van der Waals surface area contributed by atoms with Gasteiger partial charge in [0.15, 0.2) is 0 Å². The lowest BCUT2D eigenvalue weighted by molar-refractivity contribution is 0.616. The van der Waals surface area contributed by atoms with Gasteiger partial charge in [-0.2, -0.15) is 0 Å². The van der Waals surface area contributed by atoms with Crippen LogP contribution >= 0.6 is 0 Å². The first-order valence-electron chi connectivity index (χ1n) is 4.57. The van der Waals surface area contributed by atoms with Crippen LogP contribution in [0.1, 0.15) is 13.3 Å². The summed E-state index contributed by atoms with van der Waals surface area (Å²) in [6.07, 6.45) is 9.44. The van der Waals surface area contributed by atoms with Crippen molar-refractivity contribution in [3.63, 3.8) is 0 Å². The minimum Gasteiger partial charge on any atom is -0.297 e. The number of allylic oxidation sites excluding steroid dienone is 3. The van der Waals surface area contributed by atoms with Crippen LogP contribution in [0, 0.1) is 0 Å². The van der Waals surface area contributed by atoms with E-state index in [0.29, 0.717) is 0 Å². The van der Waals surface area contributed by atoms with Crippen LogP contribution in [-0.2, 0) is 0 Å². The molecule has 1 heterocycles. The quantitative estimate of drug-likeness (QED) is 0.444. The molecule has 0 N–H and O–H groups in total. The summed E-state index contributed by atoms with van der Waals surface area (Å²) in [6.45, 7) is 9.46. The third kappa shape index (κ3) is 3.54. The smallest absolute Gasteiger partial charge is 0.0234 e. The van der Waals surface area contributed by atoms with Crippen molar-refractivity contribution in [3.05, 3.63) is 36.5 Å². The average molecular weight is 163 g/mol. The van der Waals surface area contributed by atoms with E-state index < -0.39 is 0 Å². The molecule has 0 aromatic carbocycles. The van der Waals surface area contributed by atoms with E-state index in [1.807, 2.05) is 6.08 Å². The summed E-state index contributed by atoms with van der Waals surface area (Å²) in [5.41, 5.74) is 1.37. The highest BCUT2D eigenvalue weighted by atomic mass is 15.2. The summed E-state index contributed by atoms with van der Waals surface area (Å²) in [4.78, 5) is 2.40. The molecule has 0 saturated carbocycles. The molecule has 1 nitrogen and oxygen atoms in total. The second-order valence-corrected chi connectivity index (χ2v) is 3.06. The Bertz CT molecular complexity index is 197. The van der Waals surface area contributed by atoms with E-state index in [9.17, 15) is 0 Å². The molecule has 0 amide bonds. The highest BCUT2D eigenvalue weighted by molar-refractivity contribution is 5.25. The predicted molar refractivity (Wildman–Crippen MR) is 54.2 cm³/mol. The molecule has 12 heavy (non-hydrogen) atoms. The zero-order chi connectivity index (χ0) is 8.81. The van der Waals surface area contributed by atoms with Gasteiger partial charge < -0.3 is 0 Å². The summed E-state index contributed by atoms with van der Waals surface area (Å²) in [6, 6.07) is 0. The maximum Gasteiger partial charge on any atom is 0.0234 e. The molecule has 1 fully saturated rings. The Kier molecular flexibility index (Phi) is 3.81. The third-order valence-corrected chi connectivity index (χ3v) is 1.85. The first-order valence-corrected chi connectivity index (χ1v) is 4.57. The van der Waals surface area contributed by atoms with E-state index in [-0.39, 0.29) is 0 Å². The van der Waals surface area contributed by atoms with Gasteiger partial charge >= 0.3 is 0 Å². The second-order valence-electron chi connectivity index (χ2n) is 3.06. The minimum absolute atomic E-state index is 1.09. The van der Waals surface area contributed by atoms with E-state index in [0.717, 1.165) is 13.0 Å². The van der Waals surface area contributed by atoms with Crippen molar-refractivity contribution in [1.29, 1.82) is 0 Å². The van der Waals surface area contributed by atoms with Gasteiger partial charge in [-0.3, -0.25) is 4.90 Å². The van der Waals surface area contributed by atoms with Gasteiger partial charge in [-0.15, -0.1) is 0 Å². The highest BCUT2D eigenvalue weighted by Crippen LogP contribution is 2.09. The number of rotatable bonds is 5. The molecule has 1 aliphatic rings. The summed E-state index contributed by atoms with van der Waals surface area (Å²) in [5.74, 6) is 0. The first kappa shape index (κ1) is 9.27. The van der Waals surface area contributed by atoms with Gasteiger partial charge in [0.2, 0.25) is 0 Å². The van der Waals surface area contributed by atoms with Gasteiger partial charge in [-0.1, -0.05) is 37.8 Å². The van der Waals surface area contributed by atoms with Crippen LogP contribution in [-0.4, -0.2) is 24.5 Å². The van der Waals surface area contributed by atoms with Crippen molar-refractivity contribution in [2.45, 2.75) is 13.3 Å². The van der Waals surface area contributed by atoms with Crippen molar-refractivity contribution < 1.29 is 0 Å². The lowest BCUT2D eigenvalue weighted by atomic mass is 10.2. The maximum atomic E-state index is 3.71. The van der Waals surface area contributed by atoms with Crippen molar-refractivity contribution in [2.24, 2.45) is 0 Å². The van der Waals surface area contributed by atoms with E-state index in [1.165, 1.54) is 18.7 Å². The van der Waals surface area contributed by atoms with Crippen LogP contribution in [0.3, 0.4) is 0 Å². The second kappa shape index (κ2) is 4.94. The Hall–Kier alpha value is -0.820. The van der Waals surface area contributed by atoms with Gasteiger partial charge in [-0.25, -0.2) is 0 Å². The van der Waals surface area contributed by atoms with Crippen LogP contribution in [0.25, 0.3) is 0 Å². The molecule has 66 valence electrons. The van der Waals surface area contributed by atoms with Crippen LogP contribution in [0.4, 0.5) is 0 Å². The molecular formula is C11H17N. The molecule has 0 aromatic rings. The van der Waals surface area contributed by atoms with Crippen LogP contribution in [0.15, 0.2) is 36.5 Å². The van der Waals surface area contributed by atoms with Crippen LogP contribution in [0.2, 0.25) is 0 Å². The number of hydrogen-bond donors (Lipinski definition) is 0. The minimum atomic E-state index is 1.09. The largest absolute Gasteiger partial charge is 0.297 e. The molecule has 1 aliphatic heterocycles. The lowest BCUT2D eigenvalue weighted by Gasteiger charge is -2.00. The van der Waals surface area contributed by atoms with Crippen molar-refractivity contribution >= 4 is 0 Å². The summed E-state index contributed by atoms with van der Waals surface area (Å²) in [5, 5.41) is 0. The van der Waals surface area contributed by atoms with E-state index in [4.69, 9.17) is 0 Å². The molecule has 1 heteroatoms. The SMILES string of the molecule is C=C/C=C(\C=C\CC)CN1CC1. The van der Waals surface area contributed by atoms with Gasteiger partial charge in [0.1, 0.15) is 0 Å². The van der Waals surface area contributed by atoms with Crippen molar-refractivity contribution in [3.8, 4) is 0 Å². The van der Waals surface area contributed by atoms with Gasteiger partial charge in [0, 0.05) is 19.6 Å². The van der Waals surface area contributed by atoms with Crippen molar-refractivity contribution in [1.82, 2.24) is 4.90 Å². The Morgan fingerprint density at radius 2 is 2.25 bits per heavy atom. The Labute approximate surface area is 75.1 Å². The average Bonchev–Trinajstić information content (AvgIpc) is 2.84. The summed E-state index contributed by atoms with van der Waals surface area (Å²) < 4.78 is 0. The van der Waals surface area contributed by atoms with Crippen molar-refractivity contribution in [2.75, 3.05) is 19.6 Å². The van der Waals surface area contributed by atoms with E-state index >= 15 is 0 Å². The van der Waals surface area contributed by atoms with E-state index in [1.54, 1.807) is 0 Å². The Balaban J connectivity index is 2.41. The fraction of sp³-hybridized carbons (Fsp3) is 0.455. The molecule has 0 aromatic heterocycles. The fourth-order valence-corrected chi connectivity index (χ4v) is 1.07. The monoisotopic (exact) mass is 163 g/mol. The molecule has 1 rings (SSSR count). The molecule has 0 bridgehead atoms. The van der Waals surface area contributed by atoms with Gasteiger partial charge in [0.25, 0.3) is 0 Å². The lowest BCUT2D eigenvalue weighted by Crippen LogP contribution is -2.00. The van der Waals surface area contributed by atoms with E-state index in [2.05, 4.69) is 36.6 Å². The highest BCUT2D eigenvalue weighted by Gasteiger charge is 2.16. The number of hydrogen-bond acceptors (Lipinski definition) is 1. The Morgan fingerprint density at radius 3 is 2.75 bits per heavy atom. The summed E-state index contributed by atoms with van der Waals surface area (Å²) in [7, 11) is 0. The molecule has 0 atom stereocenters. The van der Waals surface area contributed by atoms with Crippen LogP contribution < -0.4 is 0 Å². The molecular weight excluding hydrogens is 146 g/mol. The fourth-order valence-electron chi connectivity index (χ4n) is 1.07. The van der Waals surface area contributed by atoms with Gasteiger partial charge in [0.05, 0.1) is 0 Å². The maximum absolute atomic E-state index is 3.71. The van der Waals surface area contributed by atoms with Gasteiger partial charge in [-0.05, 0) is 12.0 Å². The first-order chi connectivity index (χ1) is 5.86. The topological polar surface area (TPSA) is 3.01 Å². The Morgan fingerprint density at radius 1 is 1.50 bits per heavy atom. The van der Waals surface area contributed by atoms with Crippen LogP contribution in [0.5, 0.6) is 0 Å². The number of nitrogens with zero attached hydrogens (tertiary/aromatic N) is 1. The molecule has 0 unspecified atom stereocenters. The molecule has 1 saturated heterocycles. The summed E-state index contributed by atoms with van der Waals surface area (Å²) >= 11 is 0. The molecule has 0 radical (unpaired) electrons. The standard InChI is InChI=1S/C11H17N/c1-3-5-7-11(6-4-2)10-12-8-9-12/h4-7H,2-3,8-10H2,1H3/b7-5+,11-6+. The predicted octanol–water partition coefficient (Wildman–Crippen LogP) is 2.38. The zero-order valence-corrected chi connectivity index (χ0v) is 7.79. The molecule has 0 aliphatic carbocycles. The normalized spacial score (nSPS) is 18.6.